The third kappa shape index (κ3) is 2.94. The highest BCUT2D eigenvalue weighted by Crippen LogP contribution is 2.26. The van der Waals surface area contributed by atoms with Crippen LogP contribution in [0.15, 0.2) is 42.7 Å². The molecule has 124 valence electrons. The van der Waals surface area contributed by atoms with E-state index < -0.39 is 0 Å². The van der Waals surface area contributed by atoms with Gasteiger partial charge in [-0.2, -0.15) is 5.10 Å². The molecule has 1 aliphatic rings. The van der Waals surface area contributed by atoms with Crippen molar-refractivity contribution in [3.05, 3.63) is 54.0 Å². The molecule has 1 atom stereocenters. The predicted molar refractivity (Wildman–Crippen MR) is 93.8 cm³/mol. The van der Waals surface area contributed by atoms with Crippen molar-refractivity contribution in [2.45, 2.75) is 31.6 Å². The van der Waals surface area contributed by atoms with Crippen LogP contribution in [0.25, 0.3) is 10.9 Å². The summed E-state index contributed by atoms with van der Waals surface area (Å²) in [5.41, 5.74) is 3.50. The molecule has 0 aliphatic carbocycles. The minimum absolute atomic E-state index is 0.254. The minimum atomic E-state index is 0.254. The molecule has 24 heavy (non-hydrogen) atoms. The second-order valence-corrected chi connectivity index (χ2v) is 6.55. The highest BCUT2D eigenvalue weighted by atomic mass is 16.2. The van der Waals surface area contributed by atoms with Gasteiger partial charge in [0.25, 0.3) is 0 Å². The SMILES string of the molecule is O=C(CCc1c[nH]c2ccccc12)N1CCC[C@H](c2ccn[nH]2)C1. The molecule has 1 aromatic carbocycles. The van der Waals surface area contributed by atoms with Crippen LogP contribution in [0.5, 0.6) is 0 Å². The maximum atomic E-state index is 12.6. The molecule has 3 aromatic rings. The van der Waals surface area contributed by atoms with Crippen molar-refractivity contribution in [1.82, 2.24) is 20.1 Å². The molecule has 2 aromatic heterocycles. The number of aromatic nitrogens is 3. The third-order valence-corrected chi connectivity index (χ3v) is 5.02. The molecule has 5 heteroatoms. The number of piperidine rings is 1. The van der Waals surface area contributed by atoms with Gasteiger partial charge < -0.3 is 9.88 Å². The first-order valence-corrected chi connectivity index (χ1v) is 8.63. The lowest BCUT2D eigenvalue weighted by atomic mass is 9.94. The first-order chi connectivity index (χ1) is 11.8. The molecule has 0 saturated carbocycles. The molecule has 1 saturated heterocycles. The van der Waals surface area contributed by atoms with Gasteiger partial charge in [-0.3, -0.25) is 9.89 Å². The Morgan fingerprint density at radius 3 is 3.08 bits per heavy atom. The van der Waals surface area contributed by atoms with Crippen LogP contribution in [0.4, 0.5) is 0 Å². The van der Waals surface area contributed by atoms with Gasteiger partial charge in [0.05, 0.1) is 0 Å². The maximum absolute atomic E-state index is 12.6. The third-order valence-electron chi connectivity index (χ3n) is 5.02. The lowest BCUT2D eigenvalue weighted by molar-refractivity contribution is -0.132. The molecule has 5 nitrogen and oxygen atoms in total. The van der Waals surface area contributed by atoms with Crippen molar-refractivity contribution >= 4 is 16.8 Å². The molecular formula is C19H22N4O. The van der Waals surface area contributed by atoms with Crippen molar-refractivity contribution in [3.63, 3.8) is 0 Å². The first-order valence-electron chi connectivity index (χ1n) is 8.63. The second-order valence-electron chi connectivity index (χ2n) is 6.55. The Morgan fingerprint density at radius 1 is 1.29 bits per heavy atom. The smallest absolute Gasteiger partial charge is 0.222 e. The van der Waals surface area contributed by atoms with E-state index in [4.69, 9.17) is 0 Å². The Balaban J connectivity index is 1.39. The summed E-state index contributed by atoms with van der Waals surface area (Å²) in [6.07, 6.45) is 7.34. The molecule has 1 aliphatic heterocycles. The fourth-order valence-corrected chi connectivity index (χ4v) is 3.69. The number of hydrogen-bond acceptors (Lipinski definition) is 2. The number of para-hydroxylation sites is 1. The van der Waals surface area contributed by atoms with E-state index in [9.17, 15) is 4.79 Å². The van der Waals surface area contributed by atoms with Crippen molar-refractivity contribution in [2.75, 3.05) is 13.1 Å². The van der Waals surface area contributed by atoms with Crippen LogP contribution in [0.1, 0.15) is 36.4 Å². The van der Waals surface area contributed by atoms with Crippen LogP contribution in [0, 0.1) is 0 Å². The standard InChI is InChI=1S/C19H22N4O/c24-19(8-7-14-12-20-18-6-2-1-5-16(14)18)23-11-3-4-15(13-23)17-9-10-21-22-17/h1-2,5-6,9-10,12,15,20H,3-4,7-8,11,13H2,(H,21,22)/t15-/m0/s1. The summed E-state index contributed by atoms with van der Waals surface area (Å²) in [6, 6.07) is 10.3. The number of nitrogens with zero attached hydrogens (tertiary/aromatic N) is 2. The Bertz CT molecular complexity index is 821. The van der Waals surface area contributed by atoms with Gasteiger partial charge in [-0.1, -0.05) is 18.2 Å². The van der Waals surface area contributed by atoms with E-state index in [-0.39, 0.29) is 5.91 Å². The van der Waals surface area contributed by atoms with Gasteiger partial charge >= 0.3 is 0 Å². The Labute approximate surface area is 141 Å². The fourth-order valence-electron chi connectivity index (χ4n) is 3.69. The molecule has 0 unspecified atom stereocenters. The number of aryl methyl sites for hydroxylation is 1. The molecular weight excluding hydrogens is 300 g/mol. The molecule has 0 radical (unpaired) electrons. The molecule has 3 heterocycles. The number of aromatic amines is 2. The highest BCUT2D eigenvalue weighted by Gasteiger charge is 2.25. The number of carbonyl (C=O) groups excluding carboxylic acids is 1. The second kappa shape index (κ2) is 6.51. The van der Waals surface area contributed by atoms with E-state index in [0.29, 0.717) is 12.3 Å². The number of hydrogen-bond donors (Lipinski definition) is 2. The van der Waals surface area contributed by atoms with Crippen LogP contribution in [-0.2, 0) is 11.2 Å². The van der Waals surface area contributed by atoms with E-state index in [1.165, 1.54) is 10.9 Å². The first kappa shape index (κ1) is 15.0. The van der Waals surface area contributed by atoms with Gasteiger partial charge in [0.1, 0.15) is 0 Å². The summed E-state index contributed by atoms with van der Waals surface area (Å²) in [4.78, 5) is 17.9. The monoisotopic (exact) mass is 322 g/mol. The predicted octanol–water partition coefficient (Wildman–Crippen LogP) is 3.23. The van der Waals surface area contributed by atoms with Crippen LogP contribution < -0.4 is 0 Å². The largest absolute Gasteiger partial charge is 0.361 e. The normalized spacial score (nSPS) is 18.2. The van der Waals surface area contributed by atoms with Gasteiger partial charge in [-0.25, -0.2) is 0 Å². The summed E-state index contributed by atoms with van der Waals surface area (Å²) in [6.45, 7) is 1.67. The van der Waals surface area contributed by atoms with Gasteiger partial charge in [-0.15, -0.1) is 0 Å². The number of amides is 1. The van der Waals surface area contributed by atoms with Crippen LogP contribution in [-0.4, -0.2) is 39.1 Å². The average Bonchev–Trinajstić information content (AvgIpc) is 3.30. The number of likely N-dealkylation sites (tertiary alicyclic amines) is 1. The summed E-state index contributed by atoms with van der Waals surface area (Å²) < 4.78 is 0. The summed E-state index contributed by atoms with van der Waals surface area (Å²) >= 11 is 0. The Kier molecular flexibility index (Phi) is 4.07. The quantitative estimate of drug-likeness (QED) is 0.774. The Morgan fingerprint density at radius 2 is 2.21 bits per heavy atom. The lowest BCUT2D eigenvalue weighted by Gasteiger charge is -2.32. The van der Waals surface area contributed by atoms with E-state index in [1.54, 1.807) is 6.20 Å². The molecule has 0 spiro atoms. The van der Waals surface area contributed by atoms with Gasteiger partial charge in [0, 0.05) is 54.4 Å². The number of fused-ring (bicyclic) bond motifs is 1. The van der Waals surface area contributed by atoms with E-state index in [2.05, 4.69) is 27.3 Å². The molecule has 4 rings (SSSR count). The summed E-state index contributed by atoms with van der Waals surface area (Å²) in [5.74, 6) is 0.641. The number of H-pyrrole nitrogens is 2. The zero-order valence-corrected chi connectivity index (χ0v) is 13.7. The van der Waals surface area contributed by atoms with Crippen LogP contribution >= 0.6 is 0 Å². The van der Waals surface area contributed by atoms with Gasteiger partial charge in [0.2, 0.25) is 5.91 Å². The molecule has 0 bridgehead atoms. The number of benzene rings is 1. The molecule has 1 fully saturated rings. The zero-order chi connectivity index (χ0) is 16.4. The number of nitrogens with one attached hydrogen (secondary N) is 2. The van der Waals surface area contributed by atoms with E-state index in [1.807, 2.05) is 29.3 Å². The summed E-state index contributed by atoms with van der Waals surface area (Å²) in [5, 5.41) is 8.30. The lowest BCUT2D eigenvalue weighted by Crippen LogP contribution is -2.39. The van der Waals surface area contributed by atoms with Crippen molar-refractivity contribution in [2.24, 2.45) is 0 Å². The van der Waals surface area contributed by atoms with Crippen LogP contribution in [0.2, 0.25) is 0 Å². The minimum Gasteiger partial charge on any atom is -0.361 e. The fraction of sp³-hybridized carbons (Fsp3) is 0.368. The van der Waals surface area contributed by atoms with Crippen LogP contribution in [0.3, 0.4) is 0 Å². The van der Waals surface area contributed by atoms with Crippen molar-refractivity contribution < 1.29 is 4.79 Å². The van der Waals surface area contributed by atoms with Gasteiger partial charge in [-0.05, 0) is 37.0 Å². The van der Waals surface area contributed by atoms with E-state index >= 15 is 0 Å². The number of carbonyl (C=O) groups is 1. The molecule has 2 N–H and O–H groups in total. The Hall–Kier alpha value is -2.56. The van der Waals surface area contributed by atoms with E-state index in [0.717, 1.165) is 43.6 Å². The topological polar surface area (TPSA) is 64.8 Å². The molecule has 1 amide bonds. The highest BCUT2D eigenvalue weighted by molar-refractivity contribution is 5.84. The number of rotatable bonds is 4. The van der Waals surface area contributed by atoms with Crippen molar-refractivity contribution in [3.8, 4) is 0 Å². The zero-order valence-electron chi connectivity index (χ0n) is 13.7. The van der Waals surface area contributed by atoms with Gasteiger partial charge in [0.15, 0.2) is 0 Å². The van der Waals surface area contributed by atoms with Crippen molar-refractivity contribution in [1.29, 1.82) is 0 Å². The average molecular weight is 322 g/mol. The summed E-state index contributed by atoms with van der Waals surface area (Å²) in [7, 11) is 0. The maximum Gasteiger partial charge on any atom is 0.222 e.